The molecule has 0 aromatic heterocycles. The van der Waals surface area contributed by atoms with Crippen LogP contribution in [0.25, 0.3) is 0 Å². The number of aliphatic hydroxyl groups excluding tert-OH is 1. The quantitative estimate of drug-likeness (QED) is 0.632. The van der Waals surface area contributed by atoms with Gasteiger partial charge in [0.15, 0.2) is 0 Å². The van der Waals surface area contributed by atoms with Gasteiger partial charge < -0.3 is 15.5 Å². The Bertz CT molecular complexity index is 352. The maximum Gasteiger partial charge on any atom is 0.251 e. The molecular formula is C13H19NO3. The van der Waals surface area contributed by atoms with Gasteiger partial charge >= 0.3 is 0 Å². The Hall–Kier alpha value is -1.55. The van der Waals surface area contributed by atoms with E-state index in [1.54, 1.807) is 12.1 Å². The average Bonchev–Trinajstić information content (AvgIpc) is 2.33. The molecule has 0 saturated carbocycles. The van der Waals surface area contributed by atoms with Crippen molar-refractivity contribution in [3.05, 3.63) is 29.8 Å². The molecule has 17 heavy (non-hydrogen) atoms. The summed E-state index contributed by atoms with van der Waals surface area (Å²) in [5, 5.41) is 20.6. The third-order valence-electron chi connectivity index (χ3n) is 2.48. The molecule has 3 N–H and O–H groups in total. The highest BCUT2D eigenvalue weighted by Gasteiger charge is 2.04. The molecule has 0 saturated heterocycles. The SMILES string of the molecule is O=C(NCCCCCCO)c1cccc(O)c1. The van der Waals surface area contributed by atoms with Crippen LogP contribution < -0.4 is 5.32 Å². The van der Waals surface area contributed by atoms with E-state index in [-0.39, 0.29) is 18.3 Å². The molecule has 94 valence electrons. The van der Waals surface area contributed by atoms with Crippen molar-refractivity contribution < 1.29 is 15.0 Å². The number of hydrogen-bond donors (Lipinski definition) is 3. The van der Waals surface area contributed by atoms with E-state index in [1.807, 2.05) is 0 Å². The number of aromatic hydroxyl groups is 1. The maximum atomic E-state index is 11.6. The number of hydrogen-bond acceptors (Lipinski definition) is 3. The average molecular weight is 237 g/mol. The Labute approximate surface area is 101 Å². The third kappa shape index (κ3) is 5.36. The number of unbranched alkanes of at least 4 members (excludes halogenated alkanes) is 3. The number of benzene rings is 1. The van der Waals surface area contributed by atoms with Crippen LogP contribution in [0.2, 0.25) is 0 Å². The lowest BCUT2D eigenvalue weighted by Crippen LogP contribution is -2.24. The van der Waals surface area contributed by atoms with Crippen molar-refractivity contribution in [3.63, 3.8) is 0 Å². The number of aliphatic hydroxyl groups is 1. The molecule has 0 unspecified atom stereocenters. The fraction of sp³-hybridized carbons (Fsp3) is 0.462. The number of amides is 1. The summed E-state index contributed by atoms with van der Waals surface area (Å²) in [5.74, 6) is -0.0661. The summed E-state index contributed by atoms with van der Waals surface area (Å²) in [5.41, 5.74) is 0.473. The van der Waals surface area contributed by atoms with E-state index < -0.39 is 0 Å². The molecule has 1 aromatic carbocycles. The van der Waals surface area contributed by atoms with Crippen molar-refractivity contribution >= 4 is 5.91 Å². The zero-order valence-electron chi connectivity index (χ0n) is 9.85. The predicted molar refractivity (Wildman–Crippen MR) is 66.0 cm³/mol. The van der Waals surface area contributed by atoms with Crippen LogP contribution in [-0.2, 0) is 0 Å². The summed E-state index contributed by atoms with van der Waals surface area (Å²) in [6, 6.07) is 6.29. The normalized spacial score (nSPS) is 10.2. The standard InChI is InChI=1S/C13H19NO3/c15-9-4-2-1-3-8-14-13(17)11-6-5-7-12(16)10-11/h5-7,10,15-16H,1-4,8-9H2,(H,14,17). The molecule has 4 heteroatoms. The van der Waals surface area contributed by atoms with Gasteiger partial charge in [0.05, 0.1) is 0 Å². The molecule has 0 aliphatic carbocycles. The number of carbonyl (C=O) groups excluding carboxylic acids is 1. The van der Waals surface area contributed by atoms with Gasteiger partial charge in [0, 0.05) is 18.7 Å². The first kappa shape index (κ1) is 13.5. The minimum Gasteiger partial charge on any atom is -0.508 e. The number of nitrogens with one attached hydrogen (secondary N) is 1. The summed E-state index contributed by atoms with van der Waals surface area (Å²) < 4.78 is 0. The van der Waals surface area contributed by atoms with Gasteiger partial charge in [-0.1, -0.05) is 18.9 Å². The first-order valence-electron chi connectivity index (χ1n) is 5.92. The van der Waals surface area contributed by atoms with Crippen LogP contribution in [0.5, 0.6) is 5.75 Å². The Morgan fingerprint density at radius 2 is 1.94 bits per heavy atom. The van der Waals surface area contributed by atoms with Crippen LogP contribution in [0.1, 0.15) is 36.0 Å². The summed E-state index contributed by atoms with van der Waals surface area (Å²) >= 11 is 0. The van der Waals surface area contributed by atoms with E-state index in [4.69, 9.17) is 5.11 Å². The largest absolute Gasteiger partial charge is 0.508 e. The van der Waals surface area contributed by atoms with Crippen LogP contribution in [0.4, 0.5) is 0 Å². The second-order valence-corrected chi connectivity index (χ2v) is 3.94. The Morgan fingerprint density at radius 3 is 2.65 bits per heavy atom. The Morgan fingerprint density at radius 1 is 1.18 bits per heavy atom. The maximum absolute atomic E-state index is 11.6. The molecule has 0 radical (unpaired) electrons. The van der Waals surface area contributed by atoms with Crippen molar-refractivity contribution in [2.24, 2.45) is 0 Å². The van der Waals surface area contributed by atoms with E-state index in [2.05, 4.69) is 5.32 Å². The van der Waals surface area contributed by atoms with Gasteiger partial charge in [0.25, 0.3) is 5.91 Å². The van der Waals surface area contributed by atoms with E-state index in [9.17, 15) is 9.90 Å². The molecule has 0 bridgehead atoms. The van der Waals surface area contributed by atoms with Crippen LogP contribution >= 0.6 is 0 Å². The van der Waals surface area contributed by atoms with Gasteiger partial charge in [-0.25, -0.2) is 0 Å². The van der Waals surface area contributed by atoms with Gasteiger partial charge in [-0.05, 0) is 31.0 Å². The van der Waals surface area contributed by atoms with Gasteiger partial charge in [-0.3, -0.25) is 4.79 Å². The first-order valence-corrected chi connectivity index (χ1v) is 5.92. The predicted octanol–water partition coefficient (Wildman–Crippen LogP) is 1.67. The van der Waals surface area contributed by atoms with Gasteiger partial charge in [-0.15, -0.1) is 0 Å². The van der Waals surface area contributed by atoms with Gasteiger partial charge in [0.2, 0.25) is 0 Å². The molecule has 0 aliphatic rings. The summed E-state index contributed by atoms with van der Waals surface area (Å²) in [6.07, 6.45) is 3.71. The smallest absolute Gasteiger partial charge is 0.251 e. The van der Waals surface area contributed by atoms with Gasteiger partial charge in [0.1, 0.15) is 5.75 Å². The van der Waals surface area contributed by atoms with Crippen molar-refractivity contribution in [1.29, 1.82) is 0 Å². The van der Waals surface area contributed by atoms with E-state index in [0.717, 1.165) is 25.7 Å². The molecule has 1 rings (SSSR count). The van der Waals surface area contributed by atoms with Crippen LogP contribution in [0, 0.1) is 0 Å². The molecule has 0 fully saturated rings. The Kier molecular flexibility index (Phi) is 6.10. The van der Waals surface area contributed by atoms with E-state index in [1.165, 1.54) is 12.1 Å². The lowest BCUT2D eigenvalue weighted by Gasteiger charge is -2.05. The summed E-state index contributed by atoms with van der Waals surface area (Å²) in [7, 11) is 0. The van der Waals surface area contributed by atoms with Crippen LogP contribution in [0.15, 0.2) is 24.3 Å². The zero-order chi connectivity index (χ0) is 12.5. The summed E-state index contributed by atoms with van der Waals surface area (Å²) in [6.45, 7) is 0.857. The zero-order valence-corrected chi connectivity index (χ0v) is 9.85. The highest BCUT2D eigenvalue weighted by molar-refractivity contribution is 5.94. The topological polar surface area (TPSA) is 69.6 Å². The fourth-order valence-corrected chi connectivity index (χ4v) is 1.54. The lowest BCUT2D eigenvalue weighted by atomic mass is 10.2. The monoisotopic (exact) mass is 237 g/mol. The molecular weight excluding hydrogens is 218 g/mol. The third-order valence-corrected chi connectivity index (χ3v) is 2.48. The Balaban J connectivity index is 2.21. The summed E-state index contributed by atoms with van der Waals surface area (Å²) in [4.78, 5) is 11.6. The van der Waals surface area contributed by atoms with Crippen molar-refractivity contribution in [2.75, 3.05) is 13.2 Å². The highest BCUT2D eigenvalue weighted by Crippen LogP contribution is 2.10. The first-order chi connectivity index (χ1) is 8.24. The fourth-order valence-electron chi connectivity index (χ4n) is 1.54. The van der Waals surface area contributed by atoms with E-state index >= 15 is 0 Å². The molecule has 0 atom stereocenters. The number of rotatable bonds is 7. The molecule has 0 heterocycles. The molecule has 0 spiro atoms. The molecule has 0 aliphatic heterocycles. The molecule has 4 nitrogen and oxygen atoms in total. The highest BCUT2D eigenvalue weighted by atomic mass is 16.3. The van der Waals surface area contributed by atoms with Crippen molar-refractivity contribution in [2.45, 2.75) is 25.7 Å². The molecule has 1 amide bonds. The second kappa shape index (κ2) is 7.68. The minimum absolute atomic E-state index is 0.0978. The number of phenolic OH excluding ortho intramolecular Hbond substituents is 1. The van der Waals surface area contributed by atoms with E-state index in [0.29, 0.717) is 12.1 Å². The van der Waals surface area contributed by atoms with Crippen LogP contribution in [0.3, 0.4) is 0 Å². The number of carbonyl (C=O) groups is 1. The minimum atomic E-state index is -0.164. The van der Waals surface area contributed by atoms with Crippen molar-refractivity contribution in [1.82, 2.24) is 5.32 Å². The number of phenols is 1. The molecule has 1 aromatic rings. The van der Waals surface area contributed by atoms with Gasteiger partial charge in [-0.2, -0.15) is 0 Å². The lowest BCUT2D eigenvalue weighted by molar-refractivity contribution is 0.0952. The van der Waals surface area contributed by atoms with Crippen molar-refractivity contribution in [3.8, 4) is 5.75 Å². The van der Waals surface area contributed by atoms with Crippen LogP contribution in [-0.4, -0.2) is 29.3 Å². The second-order valence-electron chi connectivity index (χ2n) is 3.94.